The van der Waals surface area contributed by atoms with Crippen LogP contribution in [0.2, 0.25) is 15.1 Å². The third kappa shape index (κ3) is 6.16. The minimum Gasteiger partial charge on any atom is -0.490 e. The van der Waals surface area contributed by atoms with Gasteiger partial charge in [-0.25, -0.2) is 4.39 Å². The molecule has 1 aliphatic rings. The number of hydrogen-bond acceptors (Lipinski definition) is 5. The molecule has 0 saturated carbocycles. The van der Waals surface area contributed by atoms with Gasteiger partial charge in [-0.2, -0.15) is 0 Å². The Morgan fingerprint density at radius 3 is 2.44 bits per heavy atom. The van der Waals surface area contributed by atoms with E-state index in [4.69, 9.17) is 44.3 Å². The van der Waals surface area contributed by atoms with Gasteiger partial charge in [-0.1, -0.05) is 53.0 Å². The Hall–Kier alpha value is -2.71. The lowest BCUT2D eigenvalue weighted by atomic mass is 10.1. The monoisotopic (exact) mass is 565 g/mol. The van der Waals surface area contributed by atoms with E-state index in [-0.39, 0.29) is 23.1 Å². The lowest BCUT2D eigenvalue weighted by Crippen LogP contribution is -2.27. The van der Waals surface area contributed by atoms with E-state index >= 15 is 0 Å². The van der Waals surface area contributed by atoms with E-state index in [1.165, 1.54) is 12.1 Å². The van der Waals surface area contributed by atoms with Gasteiger partial charge in [0.05, 0.1) is 28.1 Å². The Bertz CT molecular complexity index is 1370. The second-order valence-corrected chi connectivity index (χ2v) is 9.89. The Labute approximate surface area is 226 Å². The largest absolute Gasteiger partial charge is 0.490 e. The third-order valence-electron chi connectivity index (χ3n) is 5.16. The van der Waals surface area contributed by atoms with Gasteiger partial charge in [0.15, 0.2) is 11.5 Å². The summed E-state index contributed by atoms with van der Waals surface area (Å²) in [7, 11) is 0. The molecule has 0 atom stereocenters. The summed E-state index contributed by atoms with van der Waals surface area (Å²) in [4.78, 5) is 26.7. The maximum atomic E-state index is 13.3. The number of carbonyl (C=O) groups excluding carboxylic acids is 2. The SMILES string of the molecule is CCOc1cc(/C=C2/SC(=O)N(Cc3ccc(F)cc3Cl)C2=O)ccc1OCc1ccc(Cl)c(Cl)c1. The lowest BCUT2D eigenvalue weighted by Gasteiger charge is -2.14. The zero-order chi connectivity index (χ0) is 25.8. The highest BCUT2D eigenvalue weighted by atomic mass is 35.5. The molecule has 1 aliphatic heterocycles. The first-order valence-electron chi connectivity index (χ1n) is 10.8. The highest BCUT2D eigenvalue weighted by Gasteiger charge is 2.35. The van der Waals surface area contributed by atoms with Crippen molar-refractivity contribution in [2.75, 3.05) is 6.61 Å². The fourth-order valence-corrected chi connectivity index (χ4v) is 4.79. The summed E-state index contributed by atoms with van der Waals surface area (Å²) in [6.07, 6.45) is 1.61. The summed E-state index contributed by atoms with van der Waals surface area (Å²) in [6.45, 7) is 2.46. The van der Waals surface area contributed by atoms with E-state index in [1.54, 1.807) is 36.4 Å². The van der Waals surface area contributed by atoms with Crippen LogP contribution < -0.4 is 9.47 Å². The van der Waals surface area contributed by atoms with Gasteiger partial charge >= 0.3 is 0 Å². The molecular formula is C26H19Cl3FNO4S. The molecule has 4 rings (SSSR count). The first-order chi connectivity index (χ1) is 17.2. The number of benzene rings is 3. The fourth-order valence-electron chi connectivity index (χ4n) is 3.40. The van der Waals surface area contributed by atoms with Gasteiger partial charge in [0, 0.05) is 5.02 Å². The molecule has 3 aromatic rings. The van der Waals surface area contributed by atoms with Crippen molar-refractivity contribution < 1.29 is 23.5 Å². The van der Waals surface area contributed by atoms with Gasteiger partial charge in [0.25, 0.3) is 11.1 Å². The second kappa shape index (κ2) is 11.6. The second-order valence-electron chi connectivity index (χ2n) is 7.68. The summed E-state index contributed by atoms with van der Waals surface area (Å²) in [5, 5.41) is 0.618. The number of amides is 2. The van der Waals surface area contributed by atoms with Crippen LogP contribution in [0.5, 0.6) is 11.5 Å². The number of halogens is 4. The minimum atomic E-state index is -0.493. The van der Waals surface area contributed by atoms with Crippen LogP contribution in [0.3, 0.4) is 0 Å². The van der Waals surface area contributed by atoms with Gasteiger partial charge < -0.3 is 9.47 Å². The van der Waals surface area contributed by atoms with E-state index < -0.39 is 17.0 Å². The van der Waals surface area contributed by atoms with Crippen molar-refractivity contribution in [1.29, 1.82) is 0 Å². The molecule has 0 N–H and O–H groups in total. The van der Waals surface area contributed by atoms with Crippen molar-refractivity contribution in [2.24, 2.45) is 0 Å². The van der Waals surface area contributed by atoms with Crippen molar-refractivity contribution in [1.82, 2.24) is 4.90 Å². The average Bonchev–Trinajstić information content (AvgIpc) is 3.09. The molecule has 1 heterocycles. The molecule has 36 heavy (non-hydrogen) atoms. The van der Waals surface area contributed by atoms with Gasteiger partial charge in [0.2, 0.25) is 0 Å². The zero-order valence-electron chi connectivity index (χ0n) is 18.9. The van der Waals surface area contributed by atoms with Crippen molar-refractivity contribution in [2.45, 2.75) is 20.1 Å². The number of ether oxygens (including phenoxy) is 2. The van der Waals surface area contributed by atoms with Crippen LogP contribution in [0, 0.1) is 5.82 Å². The molecule has 10 heteroatoms. The Kier molecular flexibility index (Phi) is 8.46. The van der Waals surface area contributed by atoms with Crippen molar-refractivity contribution in [3.8, 4) is 11.5 Å². The topological polar surface area (TPSA) is 55.8 Å². The number of nitrogens with zero attached hydrogens (tertiary/aromatic N) is 1. The van der Waals surface area contributed by atoms with Crippen LogP contribution in [0.25, 0.3) is 6.08 Å². The Balaban J connectivity index is 1.51. The van der Waals surface area contributed by atoms with Crippen LogP contribution >= 0.6 is 46.6 Å². The lowest BCUT2D eigenvalue weighted by molar-refractivity contribution is -0.123. The van der Waals surface area contributed by atoms with E-state index in [0.717, 1.165) is 28.3 Å². The van der Waals surface area contributed by atoms with Crippen LogP contribution in [0.1, 0.15) is 23.6 Å². The smallest absolute Gasteiger partial charge is 0.293 e. The molecule has 0 unspecified atom stereocenters. The van der Waals surface area contributed by atoms with Gasteiger partial charge in [-0.15, -0.1) is 0 Å². The summed E-state index contributed by atoms with van der Waals surface area (Å²) < 4.78 is 25.0. The summed E-state index contributed by atoms with van der Waals surface area (Å²) in [5.74, 6) is 0.0540. The van der Waals surface area contributed by atoms with Crippen LogP contribution in [-0.4, -0.2) is 22.7 Å². The standard InChI is InChI=1S/C26H19Cl3FNO4S/c1-2-34-23-10-15(4-8-22(23)35-14-16-3-7-19(27)21(29)9-16)11-24-25(32)31(26(33)36-24)13-17-5-6-18(30)12-20(17)28/h3-12H,2,13-14H2,1H3/b24-11+. The zero-order valence-corrected chi connectivity index (χ0v) is 22.0. The Morgan fingerprint density at radius 2 is 1.72 bits per heavy atom. The molecule has 0 radical (unpaired) electrons. The molecule has 0 spiro atoms. The van der Waals surface area contributed by atoms with Crippen LogP contribution in [0.15, 0.2) is 59.5 Å². The highest BCUT2D eigenvalue weighted by molar-refractivity contribution is 8.18. The number of thioether (sulfide) groups is 1. The molecule has 2 amide bonds. The molecule has 1 fully saturated rings. The minimum absolute atomic E-state index is 0.0488. The first-order valence-corrected chi connectivity index (χ1v) is 12.7. The summed E-state index contributed by atoms with van der Waals surface area (Å²) in [5.41, 5.74) is 1.97. The average molecular weight is 567 g/mol. The van der Waals surface area contributed by atoms with Crippen molar-refractivity contribution >= 4 is 63.8 Å². The Morgan fingerprint density at radius 1 is 0.917 bits per heavy atom. The first kappa shape index (κ1) is 26.4. The quantitative estimate of drug-likeness (QED) is 0.259. The third-order valence-corrected chi connectivity index (χ3v) is 7.16. The van der Waals surface area contributed by atoms with E-state index in [9.17, 15) is 14.0 Å². The van der Waals surface area contributed by atoms with Gasteiger partial charge in [0.1, 0.15) is 12.4 Å². The van der Waals surface area contributed by atoms with Gasteiger partial charge in [-0.05, 0) is 77.9 Å². The molecule has 3 aromatic carbocycles. The number of hydrogen-bond donors (Lipinski definition) is 0. The molecule has 5 nitrogen and oxygen atoms in total. The van der Waals surface area contributed by atoms with E-state index in [0.29, 0.717) is 39.3 Å². The van der Waals surface area contributed by atoms with Crippen LogP contribution in [-0.2, 0) is 17.9 Å². The molecule has 0 aromatic heterocycles. The summed E-state index contributed by atoms with van der Waals surface area (Å²) >= 11 is 18.9. The van der Waals surface area contributed by atoms with Crippen LogP contribution in [0.4, 0.5) is 9.18 Å². The van der Waals surface area contributed by atoms with E-state index in [2.05, 4.69) is 0 Å². The normalized spacial score (nSPS) is 14.6. The van der Waals surface area contributed by atoms with Crippen molar-refractivity contribution in [3.05, 3.63) is 97.1 Å². The molecule has 186 valence electrons. The maximum Gasteiger partial charge on any atom is 0.293 e. The molecular weight excluding hydrogens is 548 g/mol. The number of carbonyl (C=O) groups is 2. The van der Waals surface area contributed by atoms with Crippen molar-refractivity contribution in [3.63, 3.8) is 0 Å². The fraction of sp³-hybridized carbons (Fsp3) is 0.154. The van der Waals surface area contributed by atoms with E-state index in [1.807, 2.05) is 13.0 Å². The predicted molar refractivity (Wildman–Crippen MR) is 141 cm³/mol. The summed E-state index contributed by atoms with van der Waals surface area (Å²) in [6, 6.07) is 14.3. The molecule has 1 saturated heterocycles. The molecule has 0 bridgehead atoms. The highest BCUT2D eigenvalue weighted by Crippen LogP contribution is 2.36. The number of imide groups is 1. The number of rotatable bonds is 8. The van der Waals surface area contributed by atoms with Gasteiger partial charge in [-0.3, -0.25) is 14.5 Å². The predicted octanol–water partition coefficient (Wildman–Crippen LogP) is 8.00. The maximum absolute atomic E-state index is 13.3. The molecule has 0 aliphatic carbocycles.